The van der Waals surface area contributed by atoms with Crippen molar-refractivity contribution in [1.29, 1.82) is 0 Å². The Balaban J connectivity index is 0.000000156. The number of nitrogens with zero attached hydrogens (tertiary/aromatic N) is 5. The lowest BCUT2D eigenvalue weighted by Gasteiger charge is -2.16. The molecule has 1 N–H and O–H groups in total. The van der Waals surface area contributed by atoms with Gasteiger partial charge in [0.1, 0.15) is 5.82 Å². The van der Waals surface area contributed by atoms with E-state index < -0.39 is 5.95 Å². The molecule has 0 unspecified atom stereocenters. The van der Waals surface area contributed by atoms with Crippen molar-refractivity contribution in [2.75, 3.05) is 31.1 Å². The second-order valence-electron chi connectivity index (χ2n) is 14.2. The molecule has 296 valence electrons. The van der Waals surface area contributed by atoms with Crippen molar-refractivity contribution >= 4 is 84.5 Å². The largest absolute Gasteiger partial charge is 0.357 e. The van der Waals surface area contributed by atoms with Gasteiger partial charge in [0.25, 0.3) is 0 Å². The lowest BCUT2D eigenvalue weighted by Crippen LogP contribution is -2.18. The Labute approximate surface area is 362 Å². The number of nitrogens with one attached hydrogen (secondary N) is 1. The van der Waals surface area contributed by atoms with E-state index in [0.717, 1.165) is 79.5 Å². The summed E-state index contributed by atoms with van der Waals surface area (Å²) in [6, 6.07) is 32.0. The SMILES string of the molecule is C1CCNC1.Cl.Clc1cccc(-c2cc(Cc3ccc(N4CCCC4)nc3)cc3scnc23)c1.Fc1ccc(Cc2cc(-c3cccc(Cl)c3)c3ncsc3c2)cn1. The average molecular weight is 868 g/mol. The van der Waals surface area contributed by atoms with Gasteiger partial charge >= 0.3 is 0 Å². The molecule has 10 rings (SSSR count). The first kappa shape index (κ1) is 41.7. The quantitative estimate of drug-likeness (QED) is 0.161. The van der Waals surface area contributed by atoms with E-state index in [2.05, 4.69) is 67.6 Å². The highest BCUT2D eigenvalue weighted by molar-refractivity contribution is 7.17. The van der Waals surface area contributed by atoms with Crippen molar-refractivity contribution in [2.45, 2.75) is 38.5 Å². The van der Waals surface area contributed by atoms with Crippen LogP contribution in [0.3, 0.4) is 0 Å². The predicted molar refractivity (Wildman–Crippen MR) is 245 cm³/mol. The summed E-state index contributed by atoms with van der Waals surface area (Å²) in [7, 11) is 0. The Kier molecular flexibility index (Phi) is 14.4. The first-order valence-electron chi connectivity index (χ1n) is 19.2. The summed E-state index contributed by atoms with van der Waals surface area (Å²) in [5.41, 5.74) is 14.7. The van der Waals surface area contributed by atoms with Gasteiger partial charge in [-0.3, -0.25) is 0 Å². The normalized spacial score (nSPS) is 13.5. The fourth-order valence-electron chi connectivity index (χ4n) is 7.27. The van der Waals surface area contributed by atoms with E-state index >= 15 is 0 Å². The zero-order valence-electron chi connectivity index (χ0n) is 31.7. The van der Waals surface area contributed by atoms with Crippen LogP contribution in [0.1, 0.15) is 47.9 Å². The van der Waals surface area contributed by atoms with Gasteiger partial charge in [-0.15, -0.1) is 35.1 Å². The Bertz CT molecular complexity index is 2560. The summed E-state index contributed by atoms with van der Waals surface area (Å²) < 4.78 is 15.3. The first-order valence-corrected chi connectivity index (χ1v) is 21.7. The molecule has 0 saturated carbocycles. The van der Waals surface area contributed by atoms with Crippen LogP contribution in [0.5, 0.6) is 0 Å². The molecule has 2 fully saturated rings. The Morgan fingerprint density at radius 3 is 1.57 bits per heavy atom. The minimum atomic E-state index is -0.462. The van der Waals surface area contributed by atoms with Crippen molar-refractivity contribution in [2.24, 2.45) is 0 Å². The van der Waals surface area contributed by atoms with Crippen LogP contribution in [0, 0.1) is 5.95 Å². The van der Waals surface area contributed by atoms with Gasteiger partial charge in [-0.05, 0) is 146 Å². The highest BCUT2D eigenvalue weighted by atomic mass is 35.5. The van der Waals surface area contributed by atoms with Gasteiger partial charge < -0.3 is 10.2 Å². The summed E-state index contributed by atoms with van der Waals surface area (Å²) in [5, 5.41) is 4.66. The van der Waals surface area contributed by atoms with Crippen LogP contribution in [-0.4, -0.2) is 46.1 Å². The van der Waals surface area contributed by atoms with Crippen LogP contribution in [0.15, 0.2) is 120 Å². The lowest BCUT2D eigenvalue weighted by atomic mass is 9.98. The van der Waals surface area contributed by atoms with Crippen molar-refractivity contribution in [1.82, 2.24) is 25.3 Å². The maximum Gasteiger partial charge on any atom is 0.212 e. The molecule has 2 aliphatic heterocycles. The number of benzene rings is 4. The molecule has 0 bridgehead atoms. The van der Waals surface area contributed by atoms with Gasteiger partial charge in [-0.25, -0.2) is 19.9 Å². The summed E-state index contributed by atoms with van der Waals surface area (Å²) >= 11 is 15.7. The summed E-state index contributed by atoms with van der Waals surface area (Å²) in [5.74, 6) is 0.634. The van der Waals surface area contributed by atoms with E-state index in [1.807, 2.05) is 59.7 Å². The van der Waals surface area contributed by atoms with E-state index in [0.29, 0.717) is 11.4 Å². The first-order chi connectivity index (χ1) is 27.9. The molecule has 4 aromatic carbocycles. The van der Waals surface area contributed by atoms with Crippen LogP contribution in [-0.2, 0) is 12.8 Å². The number of hydrogen-bond donors (Lipinski definition) is 1. The smallest absolute Gasteiger partial charge is 0.212 e. The zero-order valence-corrected chi connectivity index (χ0v) is 35.7. The molecule has 0 atom stereocenters. The van der Waals surface area contributed by atoms with Gasteiger partial charge in [0, 0.05) is 46.7 Å². The molecule has 0 spiro atoms. The van der Waals surface area contributed by atoms with Gasteiger partial charge in [0.2, 0.25) is 5.95 Å². The number of aromatic nitrogens is 4. The van der Waals surface area contributed by atoms with E-state index in [9.17, 15) is 4.39 Å². The van der Waals surface area contributed by atoms with Crippen LogP contribution < -0.4 is 10.2 Å². The van der Waals surface area contributed by atoms with Crippen LogP contribution in [0.4, 0.5) is 10.2 Å². The van der Waals surface area contributed by atoms with Gasteiger partial charge in [0.05, 0.1) is 31.5 Å². The Morgan fingerprint density at radius 1 is 0.586 bits per heavy atom. The summed E-state index contributed by atoms with van der Waals surface area (Å²) in [6.45, 7) is 4.74. The zero-order chi connectivity index (χ0) is 39.0. The van der Waals surface area contributed by atoms with Gasteiger partial charge in [-0.1, -0.05) is 59.6 Å². The fourth-order valence-corrected chi connectivity index (χ4v) is 9.18. The minimum Gasteiger partial charge on any atom is -0.357 e. The lowest BCUT2D eigenvalue weighted by molar-refractivity contribution is 0.582. The van der Waals surface area contributed by atoms with E-state index in [4.69, 9.17) is 28.2 Å². The molecule has 8 aromatic rings. The highest BCUT2D eigenvalue weighted by Gasteiger charge is 2.15. The van der Waals surface area contributed by atoms with E-state index in [-0.39, 0.29) is 12.4 Å². The maximum atomic E-state index is 13.0. The number of fused-ring (bicyclic) bond motifs is 2. The van der Waals surface area contributed by atoms with Crippen LogP contribution in [0.2, 0.25) is 10.0 Å². The molecule has 0 amide bonds. The molecule has 4 aromatic heterocycles. The van der Waals surface area contributed by atoms with Crippen molar-refractivity contribution in [3.8, 4) is 22.3 Å². The monoisotopic (exact) mass is 866 g/mol. The third-order valence-electron chi connectivity index (χ3n) is 10.1. The number of thiazole rings is 2. The number of hydrogen-bond acceptors (Lipinski definition) is 8. The predicted octanol–water partition coefficient (Wildman–Crippen LogP) is 12.7. The van der Waals surface area contributed by atoms with Crippen LogP contribution >= 0.6 is 58.3 Å². The minimum absolute atomic E-state index is 0. The van der Waals surface area contributed by atoms with Gasteiger partial charge in [-0.2, -0.15) is 4.39 Å². The van der Waals surface area contributed by atoms with Crippen molar-refractivity contribution in [3.05, 3.63) is 159 Å². The van der Waals surface area contributed by atoms with Crippen molar-refractivity contribution in [3.63, 3.8) is 0 Å². The van der Waals surface area contributed by atoms with Crippen LogP contribution in [0.25, 0.3) is 42.7 Å². The number of pyridine rings is 2. The molecule has 6 nitrogen and oxygen atoms in total. The molecule has 6 heterocycles. The molecular weight excluding hydrogens is 826 g/mol. The number of anilines is 1. The molecule has 0 radical (unpaired) electrons. The van der Waals surface area contributed by atoms with E-state index in [1.54, 1.807) is 34.9 Å². The van der Waals surface area contributed by atoms with Crippen molar-refractivity contribution < 1.29 is 4.39 Å². The Morgan fingerprint density at radius 2 is 1.12 bits per heavy atom. The third-order valence-corrected chi connectivity index (χ3v) is 12.1. The molecule has 2 saturated heterocycles. The number of halogens is 4. The third kappa shape index (κ3) is 10.6. The molecule has 58 heavy (non-hydrogen) atoms. The molecular formula is C46H42Cl3FN6S2. The maximum absolute atomic E-state index is 13.0. The standard InChI is InChI=1S/C23H20ClN3S.C19H12ClFN2S.C4H9N.ClH/c24-19-5-3-4-18(13-19)20-11-17(12-21-23(20)26-15-28-21)10-16-6-7-22(25-14-16)27-8-1-2-9-27;20-15-3-1-2-14(9-15)16-7-13(8-17-19(16)23-11-24-17)6-12-4-5-18(21)22-10-12;1-2-4-5-3-1;/h3-7,11-15H,1-2,8-10H2;1-5,7-11H,6H2;5H,1-4H2;1H. The van der Waals surface area contributed by atoms with E-state index in [1.165, 1.54) is 60.7 Å². The Hall–Kier alpha value is -4.48. The topological polar surface area (TPSA) is 66.8 Å². The average Bonchev–Trinajstić information content (AvgIpc) is 4.08. The molecule has 0 aliphatic carbocycles. The second kappa shape index (κ2) is 20.0. The summed E-state index contributed by atoms with van der Waals surface area (Å²) in [4.78, 5) is 19.9. The van der Waals surface area contributed by atoms with Gasteiger partial charge in [0.15, 0.2) is 0 Å². The number of rotatable bonds is 7. The fraction of sp³-hybridized carbons (Fsp3) is 0.217. The highest BCUT2D eigenvalue weighted by Crippen LogP contribution is 2.35. The second-order valence-corrected chi connectivity index (χ2v) is 16.9. The molecule has 12 heteroatoms. The summed E-state index contributed by atoms with van der Waals surface area (Å²) in [6.07, 6.45) is 10.5. The molecule has 2 aliphatic rings.